The second-order valence-electron chi connectivity index (χ2n) is 9.34. The van der Waals surface area contributed by atoms with E-state index in [2.05, 4.69) is 0 Å². The van der Waals surface area contributed by atoms with E-state index >= 15 is 0 Å². The Labute approximate surface area is 218 Å². The Bertz CT molecular complexity index is 1220. The van der Waals surface area contributed by atoms with Crippen molar-refractivity contribution in [2.75, 3.05) is 19.7 Å². The number of carbonyl (C=O) groups excluding carboxylic acids is 1. The topological polar surface area (TPSA) is 76.1 Å². The second kappa shape index (κ2) is 12.0. The predicted octanol–water partition coefficient (Wildman–Crippen LogP) is 6.21. The molecule has 0 aromatic heterocycles. The molecule has 9 heteroatoms. The normalized spacial score (nSPS) is 14.2. The highest BCUT2D eigenvalue weighted by atomic mass is 19.4. The number of rotatable bonds is 8. The van der Waals surface area contributed by atoms with Gasteiger partial charge in [-0.2, -0.15) is 13.2 Å². The fraction of sp³-hybridized carbons (Fsp3) is 0.310. The summed E-state index contributed by atoms with van der Waals surface area (Å²) in [5.41, 5.74) is 1.68. The third kappa shape index (κ3) is 7.74. The molecule has 4 rings (SSSR count). The molecule has 0 atom stereocenters. The van der Waals surface area contributed by atoms with Gasteiger partial charge in [0, 0.05) is 13.1 Å². The molecule has 200 valence electrons. The molecule has 0 bridgehead atoms. The molecule has 1 fully saturated rings. The summed E-state index contributed by atoms with van der Waals surface area (Å²) in [5, 5.41) is 8.84. The Morgan fingerprint density at radius 3 is 1.89 bits per heavy atom. The summed E-state index contributed by atoms with van der Waals surface area (Å²) >= 11 is 0. The van der Waals surface area contributed by atoms with Crippen LogP contribution in [0.4, 0.5) is 18.0 Å². The number of amides is 1. The number of hydrogen-bond donors (Lipinski definition) is 1. The lowest BCUT2D eigenvalue weighted by molar-refractivity contribution is -0.138. The van der Waals surface area contributed by atoms with Crippen LogP contribution >= 0.6 is 0 Å². The van der Waals surface area contributed by atoms with Crippen molar-refractivity contribution < 1.29 is 37.3 Å². The first kappa shape index (κ1) is 27.0. The predicted molar refractivity (Wildman–Crippen MR) is 134 cm³/mol. The van der Waals surface area contributed by atoms with Crippen molar-refractivity contribution in [3.63, 3.8) is 0 Å². The highest BCUT2D eigenvalue weighted by Crippen LogP contribution is 2.29. The molecule has 0 spiro atoms. The number of halogens is 3. The number of carboxylic acid groups (broad SMARTS) is 1. The summed E-state index contributed by atoms with van der Waals surface area (Å²) in [6.45, 7) is 1.62. The lowest BCUT2D eigenvalue weighted by atomic mass is 9.98. The van der Waals surface area contributed by atoms with E-state index < -0.39 is 23.8 Å². The number of carbonyl (C=O) groups is 2. The second-order valence-corrected chi connectivity index (χ2v) is 9.34. The third-order valence-corrected chi connectivity index (χ3v) is 6.46. The lowest BCUT2D eigenvalue weighted by Crippen LogP contribution is -2.41. The summed E-state index contributed by atoms with van der Waals surface area (Å²) < 4.78 is 49.5. The number of nitrogens with zero attached hydrogens (tertiary/aromatic N) is 1. The van der Waals surface area contributed by atoms with Crippen LogP contribution in [-0.2, 0) is 23.8 Å². The van der Waals surface area contributed by atoms with Crippen molar-refractivity contribution in [2.45, 2.75) is 31.9 Å². The van der Waals surface area contributed by atoms with Crippen LogP contribution in [0.15, 0.2) is 72.8 Å². The van der Waals surface area contributed by atoms with Crippen molar-refractivity contribution in [1.82, 2.24) is 4.90 Å². The molecule has 3 aromatic carbocycles. The average molecular weight is 528 g/mol. The zero-order valence-corrected chi connectivity index (χ0v) is 20.6. The SMILES string of the molecule is O=C(O)Cc1ccc(OCC2CCN(C(=O)Oc3ccc(Cc4ccc(C(F)(F)F)cc4)cc3)CC2)cc1. The Balaban J connectivity index is 1.19. The van der Waals surface area contributed by atoms with Gasteiger partial charge in [-0.05, 0) is 78.3 Å². The number of alkyl halides is 3. The van der Waals surface area contributed by atoms with Gasteiger partial charge in [0.2, 0.25) is 0 Å². The van der Waals surface area contributed by atoms with Crippen LogP contribution in [0.1, 0.15) is 35.1 Å². The Kier molecular flexibility index (Phi) is 8.55. The summed E-state index contributed by atoms with van der Waals surface area (Å²) in [6.07, 6.45) is -2.78. The first-order chi connectivity index (χ1) is 18.2. The molecule has 6 nitrogen and oxygen atoms in total. The number of benzene rings is 3. The fourth-order valence-electron chi connectivity index (χ4n) is 4.26. The fourth-order valence-corrected chi connectivity index (χ4v) is 4.26. The number of ether oxygens (including phenoxy) is 2. The summed E-state index contributed by atoms with van der Waals surface area (Å²) in [7, 11) is 0. The van der Waals surface area contributed by atoms with Gasteiger partial charge in [0.05, 0.1) is 18.6 Å². The zero-order valence-electron chi connectivity index (χ0n) is 20.6. The first-order valence-corrected chi connectivity index (χ1v) is 12.3. The van der Waals surface area contributed by atoms with Gasteiger partial charge in [-0.25, -0.2) is 4.79 Å². The maximum absolute atomic E-state index is 12.7. The van der Waals surface area contributed by atoms with Crippen LogP contribution in [0.2, 0.25) is 0 Å². The molecule has 0 unspecified atom stereocenters. The Hall–Kier alpha value is -4.01. The van der Waals surface area contributed by atoms with E-state index in [1.54, 1.807) is 53.4 Å². The van der Waals surface area contributed by atoms with Gasteiger partial charge in [0.25, 0.3) is 0 Å². The molecule has 1 saturated heterocycles. The number of hydrogen-bond acceptors (Lipinski definition) is 4. The van der Waals surface area contributed by atoms with Gasteiger partial charge in [-0.15, -0.1) is 0 Å². The smallest absolute Gasteiger partial charge is 0.416 e. The molecule has 0 aliphatic carbocycles. The quantitative estimate of drug-likeness (QED) is 0.377. The van der Waals surface area contributed by atoms with Gasteiger partial charge in [-0.1, -0.05) is 36.4 Å². The van der Waals surface area contributed by atoms with E-state index in [-0.39, 0.29) is 6.42 Å². The molecule has 1 amide bonds. The van der Waals surface area contributed by atoms with Crippen molar-refractivity contribution in [1.29, 1.82) is 0 Å². The minimum Gasteiger partial charge on any atom is -0.493 e. The molecule has 3 aromatic rings. The number of carboxylic acids is 1. The van der Waals surface area contributed by atoms with Gasteiger partial charge >= 0.3 is 18.2 Å². The van der Waals surface area contributed by atoms with E-state index in [1.165, 1.54) is 12.1 Å². The molecule has 38 heavy (non-hydrogen) atoms. The largest absolute Gasteiger partial charge is 0.493 e. The van der Waals surface area contributed by atoms with Crippen LogP contribution < -0.4 is 9.47 Å². The Morgan fingerprint density at radius 1 is 0.816 bits per heavy atom. The molecule has 0 saturated carbocycles. The molecule has 1 aliphatic rings. The van der Waals surface area contributed by atoms with E-state index in [0.717, 1.165) is 36.1 Å². The summed E-state index contributed by atoms with van der Waals surface area (Å²) in [4.78, 5) is 25.0. The minimum atomic E-state index is -4.36. The molecule has 1 aliphatic heterocycles. The van der Waals surface area contributed by atoms with Gasteiger partial charge < -0.3 is 19.5 Å². The van der Waals surface area contributed by atoms with Gasteiger partial charge in [0.1, 0.15) is 11.5 Å². The van der Waals surface area contributed by atoms with E-state index in [0.29, 0.717) is 49.1 Å². The van der Waals surface area contributed by atoms with Crippen LogP contribution in [0.3, 0.4) is 0 Å². The average Bonchev–Trinajstić information content (AvgIpc) is 2.89. The first-order valence-electron chi connectivity index (χ1n) is 12.3. The molecule has 1 N–H and O–H groups in total. The molecular formula is C29H28F3NO5. The van der Waals surface area contributed by atoms with Gasteiger partial charge in [-0.3, -0.25) is 4.79 Å². The zero-order chi connectivity index (χ0) is 27.1. The monoisotopic (exact) mass is 527 g/mol. The highest BCUT2D eigenvalue weighted by Gasteiger charge is 2.30. The van der Waals surface area contributed by atoms with E-state index in [9.17, 15) is 22.8 Å². The maximum atomic E-state index is 12.7. The number of likely N-dealkylation sites (tertiary alicyclic amines) is 1. The number of piperidine rings is 1. The van der Waals surface area contributed by atoms with Crippen molar-refractivity contribution >= 4 is 12.1 Å². The third-order valence-electron chi connectivity index (χ3n) is 6.46. The van der Waals surface area contributed by atoms with E-state index in [4.69, 9.17) is 14.6 Å². The lowest BCUT2D eigenvalue weighted by Gasteiger charge is -2.31. The van der Waals surface area contributed by atoms with Crippen LogP contribution in [0.25, 0.3) is 0 Å². The number of aliphatic carboxylic acids is 1. The van der Waals surface area contributed by atoms with Crippen molar-refractivity contribution in [3.8, 4) is 11.5 Å². The molecule has 0 radical (unpaired) electrons. The minimum absolute atomic E-state index is 0.0261. The molecular weight excluding hydrogens is 499 g/mol. The van der Waals surface area contributed by atoms with E-state index in [1.807, 2.05) is 0 Å². The van der Waals surface area contributed by atoms with Crippen molar-refractivity contribution in [3.05, 3.63) is 95.1 Å². The van der Waals surface area contributed by atoms with Crippen molar-refractivity contribution in [2.24, 2.45) is 5.92 Å². The summed E-state index contributed by atoms with van der Waals surface area (Å²) in [5.74, 6) is 0.505. The summed E-state index contributed by atoms with van der Waals surface area (Å²) in [6, 6.07) is 19.0. The van der Waals surface area contributed by atoms with Crippen LogP contribution in [-0.4, -0.2) is 41.8 Å². The van der Waals surface area contributed by atoms with Crippen LogP contribution in [0, 0.1) is 5.92 Å². The highest BCUT2D eigenvalue weighted by molar-refractivity contribution is 5.71. The van der Waals surface area contributed by atoms with Crippen LogP contribution in [0.5, 0.6) is 11.5 Å². The maximum Gasteiger partial charge on any atom is 0.416 e. The molecule has 1 heterocycles. The Morgan fingerprint density at radius 2 is 1.34 bits per heavy atom. The van der Waals surface area contributed by atoms with Gasteiger partial charge in [0.15, 0.2) is 0 Å². The standard InChI is InChI=1S/C29H28F3NO5/c30-29(31,32)24-7-1-20(2-8-24)17-21-5-11-26(12-6-21)38-28(36)33-15-13-23(14-16-33)19-37-25-9-3-22(4-10-25)18-27(34)35/h1-12,23H,13-19H2,(H,34,35).